The Morgan fingerprint density at radius 3 is 2.47 bits per heavy atom. The van der Waals surface area contributed by atoms with Gasteiger partial charge in [0.2, 0.25) is 11.8 Å². The largest absolute Gasteiger partial charge is 0.488 e. The number of benzene rings is 1. The van der Waals surface area contributed by atoms with Crippen molar-refractivity contribution in [3.8, 4) is 29.0 Å². The Kier molecular flexibility index (Phi) is 11.4. The number of carboxylic acid groups (broad SMARTS) is 1. The fraction of sp³-hybridized carbons (Fsp3) is 0.585. The van der Waals surface area contributed by atoms with Gasteiger partial charge < -0.3 is 40.2 Å². The minimum Gasteiger partial charge on any atom is -0.488 e. The van der Waals surface area contributed by atoms with E-state index in [9.17, 15) is 24.3 Å². The van der Waals surface area contributed by atoms with Crippen molar-refractivity contribution in [1.82, 2.24) is 25.5 Å². The number of hydrogen-bond donors (Lipinski definition) is 4. The summed E-state index contributed by atoms with van der Waals surface area (Å²) in [5.74, 6) is -0.729. The number of fused-ring (bicyclic) bond motifs is 2. The maximum Gasteiger partial charge on any atom is 0.408 e. The van der Waals surface area contributed by atoms with Gasteiger partial charge in [-0.2, -0.15) is 5.26 Å². The molecular weight excluding hydrogens is 786 g/mol. The van der Waals surface area contributed by atoms with Gasteiger partial charge in [-0.1, -0.05) is 45.7 Å². The standard InChI is InChI=1S/C41H50ClN7O8S/c1-7-23-17-41(23,37(52)53)48-35(50)29-15-25(18-49(29)36(51)34(40(4,5)6)47-39(54)57-24-13-21-12-22(21)14-24)56-31-16-27(28-19-58-38(46-28)44-20(2)3)45-33-26(31)8-9-30(32(33)42)55-11-10-43/h8-9,16,19-25,29,34H,7,11-15,17-18H2,1-6H3,(H,44,46)(H,47,54)(H,48,50)(H,52,53)/t21-,22+,23-,24?,25+,29+,34?,41?/m1/s1. The second kappa shape index (κ2) is 16.1. The zero-order valence-corrected chi connectivity index (χ0v) is 35.0. The fourth-order valence-corrected chi connectivity index (χ4v) is 9.50. The molecule has 0 radical (unpaired) electrons. The quantitative estimate of drug-likeness (QED) is 0.139. The molecule has 2 aromatic heterocycles. The molecule has 3 aromatic rings. The Labute approximate surface area is 346 Å². The Hall–Kier alpha value is -4.88. The second-order valence-corrected chi connectivity index (χ2v) is 18.6. The van der Waals surface area contributed by atoms with Crippen LogP contribution in [0, 0.1) is 34.5 Å². The number of aromatic nitrogens is 2. The molecular formula is C41H50ClN7O8S. The predicted molar refractivity (Wildman–Crippen MR) is 217 cm³/mol. The van der Waals surface area contributed by atoms with Crippen LogP contribution in [-0.2, 0) is 19.1 Å². The Morgan fingerprint density at radius 2 is 1.83 bits per heavy atom. The summed E-state index contributed by atoms with van der Waals surface area (Å²) in [5.41, 5.74) is -0.909. The third-order valence-corrected chi connectivity index (χ3v) is 12.8. The lowest BCUT2D eigenvalue weighted by Crippen LogP contribution is -2.59. The smallest absolute Gasteiger partial charge is 0.408 e. The molecule has 1 saturated heterocycles. The molecule has 0 spiro atoms. The van der Waals surface area contributed by atoms with Crippen LogP contribution in [0.25, 0.3) is 22.3 Å². The number of nitriles is 1. The molecule has 3 aliphatic carbocycles. The highest BCUT2D eigenvalue weighted by atomic mass is 35.5. The van der Waals surface area contributed by atoms with Crippen molar-refractivity contribution in [3.05, 3.63) is 28.6 Å². The van der Waals surface area contributed by atoms with E-state index in [2.05, 4.69) is 16.0 Å². The first-order chi connectivity index (χ1) is 27.5. The van der Waals surface area contributed by atoms with Crippen LogP contribution in [-0.4, -0.2) is 92.9 Å². The van der Waals surface area contributed by atoms with Gasteiger partial charge >= 0.3 is 12.1 Å². The lowest BCUT2D eigenvalue weighted by atomic mass is 9.85. The summed E-state index contributed by atoms with van der Waals surface area (Å²) >= 11 is 8.25. The number of amides is 3. The van der Waals surface area contributed by atoms with E-state index in [1.807, 2.05) is 53.0 Å². The van der Waals surface area contributed by atoms with Crippen LogP contribution in [0.15, 0.2) is 23.6 Å². The number of likely N-dealkylation sites (tertiary alicyclic amines) is 1. The van der Waals surface area contributed by atoms with E-state index in [1.54, 1.807) is 18.2 Å². The van der Waals surface area contributed by atoms with Crippen molar-refractivity contribution < 1.29 is 38.5 Å². The number of nitrogens with one attached hydrogen (secondary N) is 3. The monoisotopic (exact) mass is 835 g/mol. The van der Waals surface area contributed by atoms with Crippen LogP contribution in [0.2, 0.25) is 5.02 Å². The summed E-state index contributed by atoms with van der Waals surface area (Å²) in [4.78, 5) is 65.6. The number of nitrogens with zero attached hydrogens (tertiary/aromatic N) is 4. The van der Waals surface area contributed by atoms with Crippen LogP contribution < -0.4 is 25.4 Å². The van der Waals surface area contributed by atoms with Gasteiger partial charge in [0.15, 0.2) is 11.7 Å². The first-order valence-electron chi connectivity index (χ1n) is 19.9. The Morgan fingerprint density at radius 1 is 1.09 bits per heavy atom. The number of thiazole rings is 1. The molecule has 1 aromatic carbocycles. The van der Waals surface area contributed by atoms with Crippen molar-refractivity contribution in [1.29, 1.82) is 5.26 Å². The minimum atomic E-state index is -1.43. The van der Waals surface area contributed by atoms with E-state index < -0.39 is 53.0 Å². The predicted octanol–water partition coefficient (Wildman–Crippen LogP) is 6.39. The molecule has 8 atom stereocenters. The van der Waals surface area contributed by atoms with E-state index in [0.29, 0.717) is 51.4 Å². The Balaban J connectivity index is 1.21. The maximum absolute atomic E-state index is 14.7. The molecule has 3 heterocycles. The number of pyridine rings is 1. The molecule has 0 bridgehead atoms. The zero-order chi connectivity index (χ0) is 41.7. The fourth-order valence-electron chi connectivity index (χ4n) is 8.39. The molecule has 3 amide bonds. The molecule has 3 unspecified atom stereocenters. The summed E-state index contributed by atoms with van der Waals surface area (Å²) in [6.07, 6.45) is 1.99. The SMILES string of the molecule is CC[C@@H]1CC1(NC(=O)[C@@H]1C[C@H](Oc2cc(-c3csc(NC(C)C)n3)nc3c(Cl)c(OCC#N)ccc23)CN1C(=O)C(NC(=O)OC1C[C@@H]2C[C@@H]2C1)C(C)(C)C)C(=O)O. The highest BCUT2D eigenvalue weighted by Crippen LogP contribution is 2.52. The van der Waals surface area contributed by atoms with E-state index in [0.717, 1.165) is 19.3 Å². The lowest BCUT2D eigenvalue weighted by Gasteiger charge is -2.35. The highest BCUT2D eigenvalue weighted by Gasteiger charge is 2.61. The van der Waals surface area contributed by atoms with Crippen LogP contribution in [0.3, 0.4) is 0 Å². The minimum absolute atomic E-state index is 0.0195. The van der Waals surface area contributed by atoms with Crippen molar-refractivity contribution in [2.45, 2.75) is 116 Å². The summed E-state index contributed by atoms with van der Waals surface area (Å²) in [5, 5.41) is 31.4. The van der Waals surface area contributed by atoms with E-state index in [4.69, 9.17) is 41.0 Å². The van der Waals surface area contributed by atoms with Gasteiger partial charge in [-0.25, -0.2) is 19.6 Å². The van der Waals surface area contributed by atoms with Crippen LogP contribution in [0.4, 0.5) is 9.93 Å². The highest BCUT2D eigenvalue weighted by molar-refractivity contribution is 7.14. The van der Waals surface area contributed by atoms with E-state index >= 15 is 0 Å². The number of alkyl carbamates (subject to hydrolysis) is 1. The van der Waals surface area contributed by atoms with Crippen molar-refractivity contribution >= 4 is 62.8 Å². The Bertz CT molecular complexity index is 2140. The molecule has 310 valence electrons. The van der Waals surface area contributed by atoms with Gasteiger partial charge in [-0.05, 0) is 74.8 Å². The number of carbonyl (C=O) groups excluding carboxylic acids is 3. The molecule has 58 heavy (non-hydrogen) atoms. The number of rotatable bonds is 14. The topological polar surface area (TPSA) is 205 Å². The first-order valence-corrected chi connectivity index (χ1v) is 21.1. The third-order valence-electron chi connectivity index (χ3n) is 11.6. The average Bonchev–Trinajstić information content (AvgIpc) is 3.83. The van der Waals surface area contributed by atoms with Gasteiger partial charge in [0, 0.05) is 29.3 Å². The molecule has 1 aliphatic heterocycles. The van der Waals surface area contributed by atoms with Gasteiger partial charge in [0.1, 0.15) is 58.1 Å². The number of ether oxygens (including phenoxy) is 3. The van der Waals surface area contributed by atoms with Gasteiger partial charge in [-0.15, -0.1) is 11.3 Å². The van der Waals surface area contributed by atoms with E-state index in [1.165, 1.54) is 16.2 Å². The summed E-state index contributed by atoms with van der Waals surface area (Å²) in [6.45, 7) is 11.0. The summed E-state index contributed by atoms with van der Waals surface area (Å²) < 4.78 is 18.0. The van der Waals surface area contributed by atoms with Crippen LogP contribution in [0.5, 0.6) is 11.5 Å². The number of halogens is 1. The average molecular weight is 836 g/mol. The van der Waals surface area contributed by atoms with Gasteiger partial charge in [-0.3, -0.25) is 9.59 Å². The number of carboxylic acids is 1. The molecule has 4 aliphatic rings. The van der Waals surface area contributed by atoms with Crippen molar-refractivity contribution in [2.24, 2.45) is 23.2 Å². The molecule has 4 fully saturated rings. The van der Waals surface area contributed by atoms with Gasteiger partial charge in [0.25, 0.3) is 0 Å². The first kappa shape index (κ1) is 41.3. The molecule has 7 rings (SSSR count). The third kappa shape index (κ3) is 8.47. The number of aliphatic carboxylic acids is 1. The maximum atomic E-state index is 14.7. The zero-order valence-electron chi connectivity index (χ0n) is 33.5. The second-order valence-electron chi connectivity index (χ2n) is 17.3. The van der Waals surface area contributed by atoms with Crippen LogP contribution in [0.1, 0.15) is 80.1 Å². The molecule has 4 N–H and O–H groups in total. The van der Waals surface area contributed by atoms with E-state index in [-0.39, 0.29) is 54.8 Å². The molecule has 15 nitrogen and oxygen atoms in total. The number of carbonyl (C=O) groups is 4. The van der Waals surface area contributed by atoms with Gasteiger partial charge in [0.05, 0.1) is 17.8 Å². The number of anilines is 1. The van der Waals surface area contributed by atoms with Crippen molar-refractivity contribution in [2.75, 3.05) is 18.5 Å². The lowest BCUT2D eigenvalue weighted by molar-refractivity contribution is -0.146. The summed E-state index contributed by atoms with van der Waals surface area (Å²) in [6, 6.07) is 4.92. The molecule has 17 heteroatoms. The summed E-state index contributed by atoms with van der Waals surface area (Å²) in [7, 11) is 0. The number of hydrogen-bond acceptors (Lipinski definition) is 12. The van der Waals surface area contributed by atoms with Crippen LogP contribution >= 0.6 is 22.9 Å². The normalized spacial score (nSPS) is 26.4. The molecule has 3 saturated carbocycles. The van der Waals surface area contributed by atoms with Crippen molar-refractivity contribution in [3.63, 3.8) is 0 Å².